The number of rotatable bonds is 7. The number of ether oxygens (including phenoxy) is 1. The maximum Gasteiger partial charge on any atom is 0.127 e. The Bertz CT molecular complexity index is 575. The summed E-state index contributed by atoms with van der Waals surface area (Å²) in [5, 5.41) is 11.5. The molecule has 2 aromatic carbocycles. The topological polar surface area (TPSA) is 29.5 Å². The third-order valence-corrected chi connectivity index (χ3v) is 3.78. The van der Waals surface area contributed by atoms with Crippen molar-refractivity contribution in [3.63, 3.8) is 0 Å². The fourth-order valence-corrected chi connectivity index (χ4v) is 2.81. The van der Waals surface area contributed by atoms with E-state index >= 15 is 0 Å². The van der Waals surface area contributed by atoms with Crippen LogP contribution in [0.15, 0.2) is 42.5 Å². The van der Waals surface area contributed by atoms with Gasteiger partial charge < -0.3 is 14.3 Å². The van der Waals surface area contributed by atoms with Crippen molar-refractivity contribution in [3.05, 3.63) is 42.5 Å². The average Bonchev–Trinajstić information content (AvgIpc) is 2.44. The van der Waals surface area contributed by atoms with E-state index in [1.807, 2.05) is 24.3 Å². The lowest BCUT2D eigenvalue weighted by molar-refractivity contribution is -0.893. The molecule has 0 saturated heterocycles. The Hall–Kier alpha value is -1.58. The molecule has 0 bridgehead atoms. The molecule has 1 atom stereocenters. The number of hydrogen-bond donors (Lipinski definition) is 1. The van der Waals surface area contributed by atoms with Gasteiger partial charge in [0.2, 0.25) is 0 Å². The van der Waals surface area contributed by atoms with E-state index in [1.165, 1.54) is 5.39 Å². The molecule has 0 spiro atoms. The van der Waals surface area contributed by atoms with Crippen LogP contribution in [0.4, 0.5) is 0 Å². The van der Waals surface area contributed by atoms with Crippen LogP contribution < -0.4 is 4.74 Å². The van der Waals surface area contributed by atoms with Crippen molar-refractivity contribution in [3.8, 4) is 5.75 Å². The van der Waals surface area contributed by atoms with Gasteiger partial charge in [-0.1, -0.05) is 43.3 Å². The number of fused-ring (bicyclic) bond motifs is 1. The molecule has 21 heavy (non-hydrogen) atoms. The molecule has 0 radical (unpaired) electrons. The number of quaternary nitrogens is 1. The van der Waals surface area contributed by atoms with E-state index in [2.05, 4.69) is 39.2 Å². The summed E-state index contributed by atoms with van der Waals surface area (Å²) in [6.45, 7) is 4.89. The first-order chi connectivity index (χ1) is 10.0. The third kappa shape index (κ3) is 4.45. The van der Waals surface area contributed by atoms with Gasteiger partial charge in [-0.3, -0.25) is 0 Å². The van der Waals surface area contributed by atoms with Crippen LogP contribution in [0, 0.1) is 5.92 Å². The standard InChI is InChI=1S/C18H26NO2/c1-15(13-19(2,3)11-12-20)14-21-18-10-6-8-16-7-4-5-9-17(16)18/h4-10,15,20H,11-14H2,1-3H3/q+1. The van der Waals surface area contributed by atoms with Crippen molar-refractivity contribution in [2.75, 3.05) is 40.4 Å². The van der Waals surface area contributed by atoms with Gasteiger partial charge in [-0.05, 0) is 11.5 Å². The first-order valence-electron chi connectivity index (χ1n) is 7.55. The summed E-state index contributed by atoms with van der Waals surface area (Å²) in [5.74, 6) is 1.39. The second-order valence-electron chi connectivity index (χ2n) is 6.46. The van der Waals surface area contributed by atoms with Crippen LogP contribution in [-0.2, 0) is 0 Å². The summed E-state index contributed by atoms with van der Waals surface area (Å²) >= 11 is 0. The number of aliphatic hydroxyl groups is 1. The van der Waals surface area contributed by atoms with Gasteiger partial charge in [-0.15, -0.1) is 0 Å². The number of benzene rings is 2. The van der Waals surface area contributed by atoms with Crippen LogP contribution in [0.2, 0.25) is 0 Å². The maximum absolute atomic E-state index is 9.09. The predicted octanol–water partition coefficient (Wildman–Crippen LogP) is 2.92. The molecule has 2 rings (SSSR count). The summed E-state index contributed by atoms with van der Waals surface area (Å²) < 4.78 is 6.85. The van der Waals surface area contributed by atoms with E-state index in [1.54, 1.807) is 0 Å². The quantitative estimate of drug-likeness (QED) is 0.794. The van der Waals surface area contributed by atoms with Gasteiger partial charge in [-0.2, -0.15) is 0 Å². The molecule has 0 saturated carbocycles. The monoisotopic (exact) mass is 288 g/mol. The third-order valence-electron chi connectivity index (χ3n) is 3.78. The Morgan fingerprint density at radius 1 is 1.10 bits per heavy atom. The van der Waals surface area contributed by atoms with Crippen LogP contribution >= 0.6 is 0 Å². The zero-order chi connectivity index (χ0) is 15.3. The van der Waals surface area contributed by atoms with Gasteiger partial charge in [-0.25, -0.2) is 0 Å². The van der Waals surface area contributed by atoms with Crippen molar-refractivity contribution < 1.29 is 14.3 Å². The summed E-state index contributed by atoms with van der Waals surface area (Å²) in [6.07, 6.45) is 0. The Balaban J connectivity index is 1.98. The highest BCUT2D eigenvalue weighted by molar-refractivity contribution is 5.88. The van der Waals surface area contributed by atoms with Crippen LogP contribution in [0.25, 0.3) is 10.8 Å². The van der Waals surface area contributed by atoms with E-state index < -0.39 is 0 Å². The molecule has 0 aliphatic carbocycles. The maximum atomic E-state index is 9.09. The molecule has 0 heterocycles. The SMILES string of the molecule is CC(COc1cccc2ccccc12)C[N+](C)(C)CCO. The molecule has 0 aliphatic rings. The average molecular weight is 288 g/mol. The minimum Gasteiger partial charge on any atom is -0.492 e. The lowest BCUT2D eigenvalue weighted by Gasteiger charge is -2.31. The van der Waals surface area contributed by atoms with Crippen LogP contribution in [-0.4, -0.2) is 50.0 Å². The molecule has 0 amide bonds. The molecular weight excluding hydrogens is 262 g/mol. The van der Waals surface area contributed by atoms with Crippen molar-refractivity contribution in [2.24, 2.45) is 5.92 Å². The van der Waals surface area contributed by atoms with Crippen LogP contribution in [0.5, 0.6) is 5.75 Å². The van der Waals surface area contributed by atoms with Crippen molar-refractivity contribution >= 4 is 10.8 Å². The summed E-state index contributed by atoms with van der Waals surface area (Å²) in [6, 6.07) is 14.5. The van der Waals surface area contributed by atoms with Crippen molar-refractivity contribution in [2.45, 2.75) is 6.92 Å². The molecule has 3 heteroatoms. The van der Waals surface area contributed by atoms with Crippen LogP contribution in [0.3, 0.4) is 0 Å². The molecule has 0 fully saturated rings. The van der Waals surface area contributed by atoms with E-state index in [9.17, 15) is 0 Å². The molecule has 114 valence electrons. The second kappa shape index (κ2) is 6.92. The largest absolute Gasteiger partial charge is 0.492 e. The number of likely N-dealkylation sites (N-methyl/N-ethyl adjacent to an activating group) is 1. The van der Waals surface area contributed by atoms with E-state index in [4.69, 9.17) is 9.84 Å². The number of aliphatic hydroxyl groups excluding tert-OH is 1. The highest BCUT2D eigenvalue weighted by Gasteiger charge is 2.19. The minimum absolute atomic E-state index is 0.226. The Morgan fingerprint density at radius 3 is 2.57 bits per heavy atom. The van der Waals surface area contributed by atoms with Crippen molar-refractivity contribution in [1.29, 1.82) is 0 Å². The second-order valence-corrected chi connectivity index (χ2v) is 6.46. The number of hydrogen-bond acceptors (Lipinski definition) is 2. The van der Waals surface area contributed by atoms with E-state index in [0.29, 0.717) is 12.5 Å². The summed E-state index contributed by atoms with van der Waals surface area (Å²) in [5.41, 5.74) is 0. The highest BCUT2D eigenvalue weighted by Crippen LogP contribution is 2.25. The van der Waals surface area contributed by atoms with Gasteiger partial charge in [0, 0.05) is 11.3 Å². The molecule has 1 N–H and O–H groups in total. The van der Waals surface area contributed by atoms with Gasteiger partial charge in [0.25, 0.3) is 0 Å². The molecule has 0 aromatic heterocycles. The normalized spacial score (nSPS) is 13.3. The predicted molar refractivity (Wildman–Crippen MR) is 87.5 cm³/mol. The zero-order valence-corrected chi connectivity index (χ0v) is 13.2. The van der Waals surface area contributed by atoms with Crippen LogP contribution in [0.1, 0.15) is 6.92 Å². The lowest BCUT2D eigenvalue weighted by atomic mass is 10.1. The number of nitrogens with zero attached hydrogens (tertiary/aromatic N) is 1. The van der Waals surface area contributed by atoms with E-state index in [0.717, 1.165) is 28.7 Å². The summed E-state index contributed by atoms with van der Waals surface area (Å²) in [7, 11) is 4.29. The molecule has 2 aromatic rings. The smallest absolute Gasteiger partial charge is 0.127 e. The lowest BCUT2D eigenvalue weighted by Crippen LogP contribution is -2.45. The van der Waals surface area contributed by atoms with Crippen molar-refractivity contribution in [1.82, 2.24) is 0 Å². The Labute approximate surface area is 127 Å². The fraction of sp³-hybridized carbons (Fsp3) is 0.444. The van der Waals surface area contributed by atoms with Gasteiger partial charge in [0.15, 0.2) is 0 Å². The summed E-state index contributed by atoms with van der Waals surface area (Å²) in [4.78, 5) is 0. The first kappa shape index (κ1) is 15.8. The molecule has 3 nitrogen and oxygen atoms in total. The zero-order valence-electron chi connectivity index (χ0n) is 13.2. The molecule has 1 unspecified atom stereocenters. The first-order valence-corrected chi connectivity index (χ1v) is 7.55. The minimum atomic E-state index is 0.226. The highest BCUT2D eigenvalue weighted by atomic mass is 16.5. The van der Waals surface area contributed by atoms with E-state index in [-0.39, 0.29) is 6.61 Å². The van der Waals surface area contributed by atoms with Gasteiger partial charge in [0.05, 0.1) is 33.9 Å². The fourth-order valence-electron chi connectivity index (χ4n) is 2.81. The Kier molecular flexibility index (Phi) is 5.21. The van der Waals surface area contributed by atoms with Gasteiger partial charge >= 0.3 is 0 Å². The van der Waals surface area contributed by atoms with Gasteiger partial charge in [0.1, 0.15) is 12.3 Å². The molecule has 0 aliphatic heterocycles. The molecular formula is C18H26NO2+. The Morgan fingerprint density at radius 2 is 1.81 bits per heavy atom.